The number of rotatable bonds is 2. The van der Waals surface area contributed by atoms with Gasteiger partial charge in [0.2, 0.25) is 0 Å². The van der Waals surface area contributed by atoms with Crippen molar-refractivity contribution in [2.45, 2.75) is 26.7 Å². The summed E-state index contributed by atoms with van der Waals surface area (Å²) >= 11 is 0. The molecule has 2 aromatic rings. The number of benzene rings is 1. The van der Waals surface area contributed by atoms with E-state index in [-0.39, 0.29) is 0 Å². The van der Waals surface area contributed by atoms with Crippen molar-refractivity contribution in [1.82, 2.24) is 4.98 Å². The van der Waals surface area contributed by atoms with Crippen LogP contribution in [-0.2, 0) is 6.42 Å². The zero-order valence-electron chi connectivity index (χ0n) is 8.75. The fourth-order valence-corrected chi connectivity index (χ4v) is 1.81. The summed E-state index contributed by atoms with van der Waals surface area (Å²) in [6, 6.07) is 6.54. The van der Waals surface area contributed by atoms with E-state index in [0.717, 1.165) is 6.42 Å². The summed E-state index contributed by atoms with van der Waals surface area (Å²) in [6.07, 6.45) is 6.22. The SMILES string of the molecule is CCCc1cncc2ccc(C)cc12. The lowest BCUT2D eigenvalue weighted by molar-refractivity contribution is 0.923. The van der Waals surface area contributed by atoms with Gasteiger partial charge in [-0.3, -0.25) is 4.98 Å². The molecular formula is C13H15N. The highest BCUT2D eigenvalue weighted by molar-refractivity contribution is 5.85. The summed E-state index contributed by atoms with van der Waals surface area (Å²) in [7, 11) is 0. The van der Waals surface area contributed by atoms with E-state index in [4.69, 9.17) is 0 Å². The van der Waals surface area contributed by atoms with Gasteiger partial charge in [-0.1, -0.05) is 37.1 Å². The molecule has 0 spiro atoms. The molecule has 0 amide bonds. The Balaban J connectivity index is 2.64. The predicted octanol–water partition coefficient (Wildman–Crippen LogP) is 3.50. The minimum Gasteiger partial charge on any atom is -0.264 e. The third kappa shape index (κ3) is 1.63. The number of hydrogen-bond acceptors (Lipinski definition) is 1. The molecule has 0 aliphatic heterocycles. The molecular weight excluding hydrogens is 170 g/mol. The Kier molecular flexibility index (Phi) is 2.49. The number of nitrogens with zero attached hydrogens (tertiary/aromatic N) is 1. The van der Waals surface area contributed by atoms with Crippen LogP contribution < -0.4 is 0 Å². The first kappa shape index (κ1) is 9.20. The van der Waals surface area contributed by atoms with Crippen LogP contribution in [0.15, 0.2) is 30.6 Å². The van der Waals surface area contributed by atoms with Crippen molar-refractivity contribution in [3.8, 4) is 0 Å². The molecule has 1 nitrogen and oxygen atoms in total. The molecule has 14 heavy (non-hydrogen) atoms. The monoisotopic (exact) mass is 185 g/mol. The second-order valence-corrected chi connectivity index (χ2v) is 3.77. The molecule has 0 saturated heterocycles. The Morgan fingerprint density at radius 2 is 2.07 bits per heavy atom. The smallest absolute Gasteiger partial charge is 0.0346 e. The lowest BCUT2D eigenvalue weighted by Crippen LogP contribution is -1.88. The Hall–Kier alpha value is -1.37. The first-order valence-electron chi connectivity index (χ1n) is 5.14. The van der Waals surface area contributed by atoms with E-state index in [1.165, 1.54) is 28.3 Å². The van der Waals surface area contributed by atoms with Crippen molar-refractivity contribution in [3.05, 3.63) is 41.7 Å². The van der Waals surface area contributed by atoms with Gasteiger partial charge >= 0.3 is 0 Å². The molecule has 0 fully saturated rings. The van der Waals surface area contributed by atoms with E-state index in [9.17, 15) is 0 Å². The molecule has 0 saturated carbocycles. The van der Waals surface area contributed by atoms with Crippen LogP contribution in [0, 0.1) is 6.92 Å². The first-order chi connectivity index (χ1) is 6.81. The largest absolute Gasteiger partial charge is 0.264 e. The maximum Gasteiger partial charge on any atom is 0.0346 e. The van der Waals surface area contributed by atoms with Crippen LogP contribution in [-0.4, -0.2) is 4.98 Å². The highest BCUT2D eigenvalue weighted by atomic mass is 14.6. The summed E-state index contributed by atoms with van der Waals surface area (Å²) < 4.78 is 0. The van der Waals surface area contributed by atoms with Gasteiger partial charge in [0.15, 0.2) is 0 Å². The highest BCUT2D eigenvalue weighted by Crippen LogP contribution is 2.19. The van der Waals surface area contributed by atoms with Crippen LogP contribution in [0.1, 0.15) is 24.5 Å². The number of pyridine rings is 1. The predicted molar refractivity (Wildman–Crippen MR) is 60.5 cm³/mol. The van der Waals surface area contributed by atoms with E-state index >= 15 is 0 Å². The van der Waals surface area contributed by atoms with Gasteiger partial charge in [0.05, 0.1) is 0 Å². The summed E-state index contributed by atoms with van der Waals surface area (Å²) in [5.74, 6) is 0. The van der Waals surface area contributed by atoms with Crippen molar-refractivity contribution in [1.29, 1.82) is 0 Å². The van der Waals surface area contributed by atoms with Gasteiger partial charge in [-0.05, 0) is 24.3 Å². The molecule has 1 heteroatoms. The van der Waals surface area contributed by atoms with Gasteiger partial charge in [-0.25, -0.2) is 0 Å². The Labute approximate surface area is 84.8 Å². The molecule has 0 atom stereocenters. The van der Waals surface area contributed by atoms with Gasteiger partial charge < -0.3 is 0 Å². The molecule has 1 aromatic carbocycles. The van der Waals surface area contributed by atoms with E-state index in [2.05, 4.69) is 37.0 Å². The summed E-state index contributed by atoms with van der Waals surface area (Å²) in [5, 5.41) is 2.61. The van der Waals surface area contributed by atoms with Crippen LogP contribution in [0.2, 0.25) is 0 Å². The van der Waals surface area contributed by atoms with E-state index in [1.54, 1.807) is 0 Å². The zero-order valence-corrected chi connectivity index (χ0v) is 8.75. The van der Waals surface area contributed by atoms with Crippen molar-refractivity contribution >= 4 is 10.8 Å². The minimum atomic E-state index is 1.12. The molecule has 0 aliphatic carbocycles. The van der Waals surface area contributed by atoms with Crippen LogP contribution in [0.4, 0.5) is 0 Å². The van der Waals surface area contributed by atoms with E-state index < -0.39 is 0 Å². The van der Waals surface area contributed by atoms with Crippen molar-refractivity contribution in [2.75, 3.05) is 0 Å². The molecule has 1 heterocycles. The van der Waals surface area contributed by atoms with Gasteiger partial charge in [0.25, 0.3) is 0 Å². The lowest BCUT2D eigenvalue weighted by Gasteiger charge is -2.05. The average molecular weight is 185 g/mol. The quantitative estimate of drug-likeness (QED) is 0.697. The Bertz CT molecular complexity index is 446. The molecule has 0 N–H and O–H groups in total. The zero-order chi connectivity index (χ0) is 9.97. The second kappa shape index (κ2) is 3.79. The maximum atomic E-state index is 4.26. The van der Waals surface area contributed by atoms with Crippen LogP contribution in [0.5, 0.6) is 0 Å². The van der Waals surface area contributed by atoms with Gasteiger partial charge in [-0.2, -0.15) is 0 Å². The molecule has 0 unspecified atom stereocenters. The Morgan fingerprint density at radius 3 is 2.86 bits per heavy atom. The number of hydrogen-bond donors (Lipinski definition) is 0. The normalized spacial score (nSPS) is 10.7. The van der Waals surface area contributed by atoms with E-state index in [1.807, 2.05) is 12.4 Å². The van der Waals surface area contributed by atoms with Gasteiger partial charge in [0, 0.05) is 17.8 Å². The van der Waals surface area contributed by atoms with E-state index in [0.29, 0.717) is 0 Å². The van der Waals surface area contributed by atoms with Crippen molar-refractivity contribution < 1.29 is 0 Å². The Morgan fingerprint density at radius 1 is 1.21 bits per heavy atom. The van der Waals surface area contributed by atoms with Crippen LogP contribution in [0.3, 0.4) is 0 Å². The second-order valence-electron chi connectivity index (χ2n) is 3.77. The average Bonchev–Trinajstić information content (AvgIpc) is 2.19. The number of aryl methyl sites for hydroxylation is 2. The van der Waals surface area contributed by atoms with Crippen molar-refractivity contribution in [3.63, 3.8) is 0 Å². The fourth-order valence-electron chi connectivity index (χ4n) is 1.81. The lowest BCUT2D eigenvalue weighted by atomic mass is 10.0. The summed E-state index contributed by atoms with van der Waals surface area (Å²) in [6.45, 7) is 4.34. The summed E-state index contributed by atoms with van der Waals surface area (Å²) in [5.41, 5.74) is 2.69. The molecule has 2 rings (SSSR count). The highest BCUT2D eigenvalue weighted by Gasteiger charge is 2.00. The molecule has 0 bridgehead atoms. The van der Waals surface area contributed by atoms with Crippen LogP contribution >= 0.6 is 0 Å². The third-order valence-electron chi connectivity index (χ3n) is 2.52. The standard InChI is InChI=1S/C13H15N/c1-3-4-11-8-14-9-12-6-5-10(2)7-13(11)12/h5-9H,3-4H2,1-2H3. The topological polar surface area (TPSA) is 12.9 Å². The minimum absolute atomic E-state index is 1.12. The molecule has 72 valence electrons. The number of fused-ring (bicyclic) bond motifs is 1. The number of aromatic nitrogens is 1. The van der Waals surface area contributed by atoms with Gasteiger partial charge in [-0.15, -0.1) is 0 Å². The first-order valence-corrected chi connectivity index (χ1v) is 5.14. The van der Waals surface area contributed by atoms with Crippen molar-refractivity contribution in [2.24, 2.45) is 0 Å². The van der Waals surface area contributed by atoms with Crippen LogP contribution in [0.25, 0.3) is 10.8 Å². The fraction of sp³-hybridized carbons (Fsp3) is 0.308. The molecule has 1 aromatic heterocycles. The third-order valence-corrected chi connectivity index (χ3v) is 2.52. The summed E-state index contributed by atoms with van der Waals surface area (Å²) in [4.78, 5) is 4.26. The molecule has 0 aliphatic rings. The maximum absolute atomic E-state index is 4.26. The molecule has 0 radical (unpaired) electrons. The van der Waals surface area contributed by atoms with Gasteiger partial charge in [0.1, 0.15) is 0 Å².